The van der Waals surface area contributed by atoms with Crippen LogP contribution in [0, 0.1) is 0 Å². The fourth-order valence-electron chi connectivity index (χ4n) is 1.11. The highest BCUT2D eigenvalue weighted by Crippen LogP contribution is 1.93. The van der Waals surface area contributed by atoms with Gasteiger partial charge in [-0.3, -0.25) is 14.2 Å². The van der Waals surface area contributed by atoms with Crippen LogP contribution >= 0.6 is 0 Å². The number of nitrogens with two attached hydrogens (primary N) is 1. The Bertz CT molecular complexity index is 383. The van der Waals surface area contributed by atoms with Gasteiger partial charge in [0, 0.05) is 19.4 Å². The average Bonchev–Trinajstić information content (AvgIpc) is 2.62. The molecule has 7 heteroatoms. The molecule has 15 heavy (non-hydrogen) atoms. The highest BCUT2D eigenvalue weighted by molar-refractivity contribution is 5.80. The first-order valence-electron chi connectivity index (χ1n) is 4.37. The number of carbonyl (C=O) groups is 1. The Hall–Kier alpha value is -1.60. The number of aromatic amines is 1. The van der Waals surface area contributed by atoms with Crippen molar-refractivity contribution in [2.24, 2.45) is 5.73 Å². The predicted octanol–water partition coefficient (Wildman–Crippen LogP) is -1.48. The Kier molecular flexibility index (Phi) is 3.64. The summed E-state index contributed by atoms with van der Waals surface area (Å²) < 4.78 is 1.33. The van der Waals surface area contributed by atoms with Crippen LogP contribution in [0.15, 0.2) is 17.2 Å². The third-order valence-corrected chi connectivity index (χ3v) is 2.02. The van der Waals surface area contributed by atoms with Crippen molar-refractivity contribution < 1.29 is 9.63 Å². The van der Waals surface area contributed by atoms with Gasteiger partial charge < -0.3 is 10.7 Å². The first-order chi connectivity index (χ1) is 7.06. The van der Waals surface area contributed by atoms with Crippen molar-refractivity contribution in [3.05, 3.63) is 22.9 Å². The summed E-state index contributed by atoms with van der Waals surface area (Å²) in [7, 11) is 2.83. The SMILES string of the molecule is CON(C)C(=O)C(N)Cn1cc[nH]c1=O. The normalized spacial score (nSPS) is 12.5. The standard InChI is InChI=1S/C8H14N4O3/c1-11(15-2)7(13)6(9)5-12-4-3-10-8(12)14/h3-4,6H,5,9H2,1-2H3,(H,10,14). The zero-order valence-electron chi connectivity index (χ0n) is 8.64. The molecular formula is C8H14N4O3. The molecule has 7 nitrogen and oxygen atoms in total. The fourth-order valence-corrected chi connectivity index (χ4v) is 1.11. The van der Waals surface area contributed by atoms with Gasteiger partial charge in [-0.15, -0.1) is 0 Å². The molecule has 1 atom stereocenters. The number of aromatic nitrogens is 2. The van der Waals surface area contributed by atoms with Gasteiger partial charge in [0.05, 0.1) is 13.7 Å². The second kappa shape index (κ2) is 4.76. The Morgan fingerprint density at radius 1 is 1.80 bits per heavy atom. The highest BCUT2D eigenvalue weighted by atomic mass is 16.7. The van der Waals surface area contributed by atoms with Crippen molar-refractivity contribution >= 4 is 5.91 Å². The quantitative estimate of drug-likeness (QED) is 0.598. The molecule has 0 fully saturated rings. The molecule has 0 aliphatic rings. The lowest BCUT2D eigenvalue weighted by atomic mass is 10.3. The van der Waals surface area contributed by atoms with Crippen LogP contribution in [-0.2, 0) is 16.2 Å². The van der Waals surface area contributed by atoms with Crippen molar-refractivity contribution in [3.63, 3.8) is 0 Å². The Morgan fingerprint density at radius 2 is 2.47 bits per heavy atom. The van der Waals surface area contributed by atoms with Crippen LogP contribution in [0.1, 0.15) is 0 Å². The van der Waals surface area contributed by atoms with Gasteiger partial charge in [-0.1, -0.05) is 0 Å². The second-order valence-corrected chi connectivity index (χ2v) is 3.04. The Labute approximate surface area is 86.4 Å². The zero-order valence-corrected chi connectivity index (χ0v) is 8.64. The summed E-state index contributed by atoms with van der Waals surface area (Å²) in [5, 5.41) is 1.03. The number of hydrogen-bond donors (Lipinski definition) is 2. The topological polar surface area (TPSA) is 93.3 Å². The van der Waals surface area contributed by atoms with Crippen molar-refractivity contribution in [3.8, 4) is 0 Å². The second-order valence-electron chi connectivity index (χ2n) is 3.04. The molecule has 1 unspecified atom stereocenters. The molecule has 1 aromatic rings. The number of nitrogens with zero attached hydrogens (tertiary/aromatic N) is 2. The summed E-state index contributed by atoms with van der Waals surface area (Å²) in [4.78, 5) is 29.7. The van der Waals surface area contributed by atoms with Gasteiger partial charge in [0.15, 0.2) is 0 Å². The molecule has 0 aliphatic heterocycles. The van der Waals surface area contributed by atoms with E-state index >= 15 is 0 Å². The Morgan fingerprint density at radius 3 is 2.93 bits per heavy atom. The first kappa shape index (κ1) is 11.5. The van der Waals surface area contributed by atoms with Gasteiger partial charge >= 0.3 is 5.69 Å². The summed E-state index contributed by atoms with van der Waals surface area (Å²) in [6.07, 6.45) is 3.02. The maximum Gasteiger partial charge on any atom is 0.325 e. The van der Waals surface area contributed by atoms with E-state index in [9.17, 15) is 9.59 Å². The maximum atomic E-state index is 11.5. The number of likely N-dealkylation sites (N-methyl/N-ethyl adjacent to an activating group) is 1. The number of nitrogens with one attached hydrogen (secondary N) is 1. The van der Waals surface area contributed by atoms with Gasteiger partial charge in [-0.2, -0.15) is 0 Å². The molecule has 0 aliphatic carbocycles. The van der Waals surface area contributed by atoms with Crippen molar-refractivity contribution in [1.82, 2.24) is 14.6 Å². The van der Waals surface area contributed by atoms with Gasteiger partial charge in [0.25, 0.3) is 5.91 Å². The van der Waals surface area contributed by atoms with Crippen LogP contribution in [0.3, 0.4) is 0 Å². The molecule has 0 saturated heterocycles. The van der Waals surface area contributed by atoms with Crippen molar-refractivity contribution in [2.45, 2.75) is 12.6 Å². The molecule has 0 radical (unpaired) electrons. The lowest BCUT2D eigenvalue weighted by molar-refractivity contribution is -0.170. The number of hydrogen-bond acceptors (Lipinski definition) is 4. The number of H-pyrrole nitrogens is 1. The van der Waals surface area contributed by atoms with Gasteiger partial charge in [0.1, 0.15) is 6.04 Å². The lowest BCUT2D eigenvalue weighted by Gasteiger charge is -2.18. The third kappa shape index (κ3) is 2.67. The molecule has 1 amide bonds. The number of imidazole rings is 1. The zero-order chi connectivity index (χ0) is 11.4. The van der Waals surface area contributed by atoms with Crippen molar-refractivity contribution in [2.75, 3.05) is 14.2 Å². The maximum absolute atomic E-state index is 11.5. The van der Waals surface area contributed by atoms with Crippen LogP contribution in [0.25, 0.3) is 0 Å². The summed E-state index contributed by atoms with van der Waals surface area (Å²) in [6.45, 7) is 0.120. The van der Waals surface area contributed by atoms with E-state index in [1.54, 1.807) is 0 Å². The molecule has 84 valence electrons. The van der Waals surface area contributed by atoms with E-state index in [0.717, 1.165) is 5.06 Å². The number of carbonyl (C=O) groups excluding carboxylic acids is 1. The number of amides is 1. The van der Waals surface area contributed by atoms with Gasteiger partial charge in [-0.05, 0) is 0 Å². The number of hydroxylamine groups is 2. The lowest BCUT2D eigenvalue weighted by Crippen LogP contribution is -2.44. The monoisotopic (exact) mass is 214 g/mol. The molecule has 3 N–H and O–H groups in total. The fraction of sp³-hybridized carbons (Fsp3) is 0.500. The van der Waals surface area contributed by atoms with E-state index in [1.807, 2.05) is 0 Å². The minimum absolute atomic E-state index is 0.120. The van der Waals surface area contributed by atoms with Gasteiger partial charge in [-0.25, -0.2) is 9.86 Å². The van der Waals surface area contributed by atoms with E-state index in [1.165, 1.54) is 31.1 Å². The molecule has 1 heterocycles. The smallest absolute Gasteiger partial charge is 0.318 e. The van der Waals surface area contributed by atoms with E-state index in [4.69, 9.17) is 10.6 Å². The van der Waals surface area contributed by atoms with E-state index in [-0.39, 0.29) is 18.1 Å². The number of rotatable bonds is 4. The summed E-state index contributed by atoms with van der Waals surface area (Å²) >= 11 is 0. The van der Waals surface area contributed by atoms with Gasteiger partial charge in [0.2, 0.25) is 0 Å². The minimum atomic E-state index is -0.802. The molecule has 0 saturated carbocycles. The molecule has 0 bridgehead atoms. The van der Waals surface area contributed by atoms with E-state index in [0.29, 0.717) is 0 Å². The molecular weight excluding hydrogens is 200 g/mol. The minimum Gasteiger partial charge on any atom is -0.318 e. The molecule has 1 rings (SSSR count). The Balaban J connectivity index is 2.64. The molecule has 1 aromatic heterocycles. The van der Waals surface area contributed by atoms with Crippen LogP contribution in [0.4, 0.5) is 0 Å². The van der Waals surface area contributed by atoms with Crippen molar-refractivity contribution in [1.29, 1.82) is 0 Å². The third-order valence-electron chi connectivity index (χ3n) is 2.02. The molecule has 0 aromatic carbocycles. The highest BCUT2D eigenvalue weighted by Gasteiger charge is 2.18. The largest absolute Gasteiger partial charge is 0.325 e. The van der Waals surface area contributed by atoms with Crippen LogP contribution in [0.2, 0.25) is 0 Å². The first-order valence-corrected chi connectivity index (χ1v) is 4.37. The summed E-state index contributed by atoms with van der Waals surface area (Å²) in [5.74, 6) is -0.384. The predicted molar refractivity (Wildman–Crippen MR) is 52.8 cm³/mol. The van der Waals surface area contributed by atoms with Crippen LogP contribution < -0.4 is 11.4 Å². The summed E-state index contributed by atoms with van der Waals surface area (Å²) in [5.41, 5.74) is 5.32. The van der Waals surface area contributed by atoms with Crippen LogP contribution in [-0.4, -0.2) is 40.7 Å². The van der Waals surface area contributed by atoms with E-state index in [2.05, 4.69) is 4.98 Å². The van der Waals surface area contributed by atoms with Crippen LogP contribution in [0.5, 0.6) is 0 Å². The van der Waals surface area contributed by atoms with E-state index < -0.39 is 6.04 Å². The summed E-state index contributed by atoms with van der Waals surface area (Å²) in [6, 6.07) is -0.802. The average molecular weight is 214 g/mol. The molecule has 0 spiro atoms.